The predicted molar refractivity (Wildman–Crippen MR) is 78.1 cm³/mol. The molecule has 1 rings (SSSR count). The molecule has 7 heteroatoms. The molecule has 1 unspecified atom stereocenters. The molecule has 0 saturated heterocycles. The second kappa shape index (κ2) is 8.11. The molecule has 116 valence electrons. The van der Waals surface area contributed by atoms with Gasteiger partial charge in [-0.05, 0) is 26.0 Å². The number of urea groups is 1. The molecule has 3 N–H and O–H groups in total. The molecule has 0 radical (unpaired) electrons. The van der Waals surface area contributed by atoms with Gasteiger partial charge in [0.1, 0.15) is 11.3 Å². The molecule has 1 atom stereocenters. The summed E-state index contributed by atoms with van der Waals surface area (Å²) in [5, 5.41) is 14.3. The molecular weight excluding hydrogens is 276 g/mol. The van der Waals surface area contributed by atoms with Gasteiger partial charge in [-0.3, -0.25) is 0 Å². The highest BCUT2D eigenvalue weighted by Gasteiger charge is 2.13. The van der Waals surface area contributed by atoms with Crippen LogP contribution in [0.2, 0.25) is 0 Å². The number of carbonyl (C=O) groups excluding carboxylic acids is 1. The van der Waals surface area contributed by atoms with E-state index in [4.69, 9.17) is 14.6 Å². The number of anilines is 1. The van der Waals surface area contributed by atoms with Crippen LogP contribution in [0.1, 0.15) is 24.2 Å². The van der Waals surface area contributed by atoms with Crippen LogP contribution in [0.5, 0.6) is 5.75 Å². The number of rotatable bonds is 7. The molecule has 0 aliphatic carbocycles. The summed E-state index contributed by atoms with van der Waals surface area (Å²) in [5.41, 5.74) is 0.478. The van der Waals surface area contributed by atoms with Crippen LogP contribution >= 0.6 is 0 Å². The quantitative estimate of drug-likeness (QED) is 0.714. The molecule has 0 saturated carbocycles. The average Bonchev–Trinajstić information content (AvgIpc) is 2.44. The summed E-state index contributed by atoms with van der Waals surface area (Å²) in [7, 11) is 1.37. The Morgan fingerprint density at radius 3 is 2.67 bits per heavy atom. The predicted octanol–water partition coefficient (Wildman–Crippen LogP) is 1.94. The van der Waals surface area contributed by atoms with Crippen molar-refractivity contribution in [2.45, 2.75) is 19.9 Å². The van der Waals surface area contributed by atoms with E-state index in [1.54, 1.807) is 0 Å². The molecule has 0 heterocycles. The Hall–Kier alpha value is -2.28. The minimum Gasteiger partial charge on any atom is -0.496 e. The van der Waals surface area contributed by atoms with E-state index in [-0.39, 0.29) is 17.4 Å². The number of ether oxygens (including phenoxy) is 2. The van der Waals surface area contributed by atoms with Gasteiger partial charge in [-0.15, -0.1) is 0 Å². The van der Waals surface area contributed by atoms with E-state index >= 15 is 0 Å². The van der Waals surface area contributed by atoms with Gasteiger partial charge in [-0.25, -0.2) is 9.59 Å². The van der Waals surface area contributed by atoms with Crippen LogP contribution in [0.3, 0.4) is 0 Å². The minimum atomic E-state index is -1.09. The van der Waals surface area contributed by atoms with Crippen LogP contribution in [0.4, 0.5) is 10.5 Å². The number of carbonyl (C=O) groups is 2. The molecule has 0 spiro atoms. The van der Waals surface area contributed by atoms with Gasteiger partial charge in [-0.1, -0.05) is 0 Å². The maximum Gasteiger partial charge on any atom is 0.339 e. The highest BCUT2D eigenvalue weighted by molar-refractivity contribution is 5.94. The monoisotopic (exact) mass is 296 g/mol. The molecule has 0 aromatic heterocycles. The van der Waals surface area contributed by atoms with Gasteiger partial charge in [0, 0.05) is 18.4 Å². The van der Waals surface area contributed by atoms with Crippen molar-refractivity contribution >= 4 is 17.7 Å². The molecule has 21 heavy (non-hydrogen) atoms. The molecule has 0 aliphatic heterocycles. The molecular formula is C14H20N2O5. The summed E-state index contributed by atoms with van der Waals surface area (Å²) in [5.74, 6) is -0.907. The largest absolute Gasteiger partial charge is 0.496 e. The summed E-state index contributed by atoms with van der Waals surface area (Å²) in [4.78, 5) is 22.7. The number of carboxylic acid groups (broad SMARTS) is 1. The Bertz CT molecular complexity index is 504. The van der Waals surface area contributed by atoms with Crippen LogP contribution in [0, 0.1) is 0 Å². The van der Waals surface area contributed by atoms with Gasteiger partial charge >= 0.3 is 12.0 Å². The van der Waals surface area contributed by atoms with Gasteiger partial charge in [0.15, 0.2) is 0 Å². The van der Waals surface area contributed by atoms with Gasteiger partial charge in [0.25, 0.3) is 0 Å². The van der Waals surface area contributed by atoms with Crippen LogP contribution < -0.4 is 15.4 Å². The number of carboxylic acids is 1. The third-order valence-corrected chi connectivity index (χ3v) is 2.64. The van der Waals surface area contributed by atoms with Crippen molar-refractivity contribution in [3.63, 3.8) is 0 Å². The topological polar surface area (TPSA) is 96.9 Å². The fraction of sp³-hybridized carbons (Fsp3) is 0.429. The van der Waals surface area contributed by atoms with Crippen molar-refractivity contribution in [2.24, 2.45) is 0 Å². The van der Waals surface area contributed by atoms with Crippen molar-refractivity contribution < 1.29 is 24.2 Å². The fourth-order valence-electron chi connectivity index (χ4n) is 1.67. The summed E-state index contributed by atoms with van der Waals surface area (Å²) >= 11 is 0. The first-order valence-electron chi connectivity index (χ1n) is 6.54. The van der Waals surface area contributed by atoms with E-state index in [0.717, 1.165) is 0 Å². The zero-order valence-electron chi connectivity index (χ0n) is 12.3. The molecule has 7 nitrogen and oxygen atoms in total. The van der Waals surface area contributed by atoms with Crippen molar-refractivity contribution in [3.05, 3.63) is 23.8 Å². The summed E-state index contributed by atoms with van der Waals surface area (Å²) in [6.45, 7) is 4.71. The second-order valence-electron chi connectivity index (χ2n) is 4.38. The zero-order chi connectivity index (χ0) is 15.8. The highest BCUT2D eigenvalue weighted by Crippen LogP contribution is 2.23. The van der Waals surface area contributed by atoms with Crippen LogP contribution in [-0.4, -0.2) is 43.5 Å². The summed E-state index contributed by atoms with van der Waals surface area (Å²) < 4.78 is 10.2. The second-order valence-corrected chi connectivity index (χ2v) is 4.38. The third kappa shape index (κ3) is 5.31. The van der Waals surface area contributed by atoms with E-state index in [0.29, 0.717) is 18.9 Å². The van der Waals surface area contributed by atoms with E-state index in [1.807, 2.05) is 13.8 Å². The van der Waals surface area contributed by atoms with E-state index in [2.05, 4.69) is 10.6 Å². The van der Waals surface area contributed by atoms with Gasteiger partial charge < -0.3 is 25.2 Å². The van der Waals surface area contributed by atoms with Crippen LogP contribution in [0.15, 0.2) is 18.2 Å². The zero-order valence-corrected chi connectivity index (χ0v) is 12.3. The number of aromatic carboxylic acids is 1. The molecule has 0 aliphatic rings. The number of benzene rings is 1. The minimum absolute atomic E-state index is 0.0353. The Morgan fingerprint density at radius 2 is 2.10 bits per heavy atom. The Balaban J connectivity index is 2.66. The number of hydrogen-bond donors (Lipinski definition) is 3. The lowest BCUT2D eigenvalue weighted by Gasteiger charge is -2.15. The lowest BCUT2D eigenvalue weighted by Crippen LogP contribution is -2.38. The Kier molecular flexibility index (Phi) is 6.48. The van der Waals surface area contributed by atoms with E-state index < -0.39 is 12.0 Å². The SMILES string of the molecule is CCOCC(C)NC(=O)Nc1ccc(C(=O)O)c(OC)c1. The number of hydrogen-bond acceptors (Lipinski definition) is 4. The normalized spacial score (nSPS) is 11.6. The number of methoxy groups -OCH3 is 1. The highest BCUT2D eigenvalue weighted by atomic mass is 16.5. The first kappa shape index (κ1) is 16.8. The van der Waals surface area contributed by atoms with Crippen LogP contribution in [-0.2, 0) is 4.74 Å². The molecule has 1 aromatic carbocycles. The van der Waals surface area contributed by atoms with E-state index in [9.17, 15) is 9.59 Å². The molecule has 0 bridgehead atoms. The first-order chi connectivity index (χ1) is 9.97. The summed E-state index contributed by atoms with van der Waals surface area (Å²) in [6.07, 6.45) is 0. The Morgan fingerprint density at radius 1 is 1.38 bits per heavy atom. The Labute approximate surface area is 123 Å². The molecule has 0 fully saturated rings. The lowest BCUT2D eigenvalue weighted by atomic mass is 10.2. The molecule has 1 aromatic rings. The lowest BCUT2D eigenvalue weighted by molar-refractivity contribution is 0.0693. The first-order valence-corrected chi connectivity index (χ1v) is 6.54. The summed E-state index contributed by atoms with van der Waals surface area (Å²) in [6, 6.07) is 3.80. The average molecular weight is 296 g/mol. The van der Waals surface area contributed by atoms with Gasteiger partial charge in [0.05, 0.1) is 19.8 Å². The maximum absolute atomic E-state index is 11.8. The maximum atomic E-state index is 11.8. The fourth-order valence-corrected chi connectivity index (χ4v) is 1.67. The van der Waals surface area contributed by atoms with Crippen molar-refractivity contribution in [2.75, 3.05) is 25.6 Å². The number of nitrogens with one attached hydrogen (secondary N) is 2. The smallest absolute Gasteiger partial charge is 0.339 e. The molecule has 2 amide bonds. The standard InChI is InChI=1S/C14H20N2O5/c1-4-21-8-9(2)15-14(19)16-10-5-6-11(13(17)18)12(7-10)20-3/h5-7,9H,4,8H2,1-3H3,(H,17,18)(H2,15,16,19). The third-order valence-electron chi connectivity index (χ3n) is 2.64. The van der Waals surface area contributed by atoms with E-state index in [1.165, 1.54) is 25.3 Å². The van der Waals surface area contributed by atoms with Crippen molar-refractivity contribution in [1.82, 2.24) is 5.32 Å². The van der Waals surface area contributed by atoms with Crippen LogP contribution in [0.25, 0.3) is 0 Å². The van der Waals surface area contributed by atoms with Crippen molar-refractivity contribution in [3.8, 4) is 5.75 Å². The van der Waals surface area contributed by atoms with Gasteiger partial charge in [-0.2, -0.15) is 0 Å². The van der Waals surface area contributed by atoms with Crippen molar-refractivity contribution in [1.29, 1.82) is 0 Å². The number of amides is 2. The van der Waals surface area contributed by atoms with Gasteiger partial charge in [0.2, 0.25) is 0 Å².